The molecule has 0 saturated carbocycles. The Morgan fingerprint density at radius 2 is 1.66 bits per heavy atom. The molecule has 166 valence electrons. The smallest absolute Gasteiger partial charge is 0.417 e. The van der Waals surface area contributed by atoms with Gasteiger partial charge in [0.2, 0.25) is 0 Å². The van der Waals surface area contributed by atoms with Crippen LogP contribution in [0.5, 0.6) is 5.75 Å². The molecule has 0 saturated heterocycles. The molecule has 3 N–H and O–H groups in total. The molecular weight excluding hydrogens is 434 g/mol. The van der Waals surface area contributed by atoms with Gasteiger partial charge in [-0.05, 0) is 30.3 Å². The van der Waals surface area contributed by atoms with Crippen molar-refractivity contribution in [2.24, 2.45) is 0 Å². The lowest BCUT2D eigenvalue weighted by Crippen LogP contribution is -2.23. The van der Waals surface area contributed by atoms with Crippen molar-refractivity contribution < 1.29 is 31.9 Å². The molecule has 0 aliphatic carbocycles. The van der Waals surface area contributed by atoms with Crippen molar-refractivity contribution in [1.29, 1.82) is 0 Å². The van der Waals surface area contributed by atoms with Gasteiger partial charge in [0.1, 0.15) is 17.3 Å². The number of benzene rings is 2. The number of carbonyl (C=O) groups is 2. The second-order valence-electron chi connectivity index (χ2n) is 6.40. The van der Waals surface area contributed by atoms with Crippen molar-refractivity contribution in [3.63, 3.8) is 0 Å². The summed E-state index contributed by atoms with van der Waals surface area (Å²) >= 11 is 0. The van der Waals surface area contributed by atoms with E-state index in [0.717, 1.165) is 6.07 Å². The first-order chi connectivity index (χ1) is 15.1. The molecular formula is C21H15F4N3O4. The van der Waals surface area contributed by atoms with E-state index in [-0.39, 0.29) is 17.0 Å². The van der Waals surface area contributed by atoms with Crippen molar-refractivity contribution in [2.75, 3.05) is 17.2 Å². The summed E-state index contributed by atoms with van der Waals surface area (Å²) < 4.78 is 57.5. The summed E-state index contributed by atoms with van der Waals surface area (Å²) in [5.74, 6) is -2.36. The first-order valence-corrected chi connectivity index (χ1v) is 9.02. The molecule has 0 unspecified atom stereocenters. The molecule has 0 aliphatic rings. The van der Waals surface area contributed by atoms with Gasteiger partial charge in [0, 0.05) is 6.20 Å². The number of rotatable bonds is 6. The molecule has 2 amide bonds. The van der Waals surface area contributed by atoms with Gasteiger partial charge in [-0.3, -0.25) is 14.4 Å². The van der Waals surface area contributed by atoms with Gasteiger partial charge in [-0.25, -0.2) is 4.39 Å². The summed E-state index contributed by atoms with van der Waals surface area (Å²) in [6.07, 6.45) is -4.24. The Morgan fingerprint density at radius 3 is 2.38 bits per heavy atom. The van der Waals surface area contributed by atoms with Gasteiger partial charge in [0.05, 0.1) is 16.8 Å². The van der Waals surface area contributed by atoms with Crippen LogP contribution in [0.2, 0.25) is 0 Å². The minimum atomic E-state index is -4.73. The standard InChI is InChI=1S/C21H15F4N3O4/c22-14-6-2-3-7-15(14)27-18(29)11-32-17-8-4-1-5-13(17)19(30)28-16-9-12(21(23,24)25)10-26-20(16)31/h1-10H,11H2,(H,26,31)(H,27,29)(H,28,30). The van der Waals surface area contributed by atoms with Crippen LogP contribution in [0, 0.1) is 5.82 Å². The maximum absolute atomic E-state index is 13.6. The molecule has 2 aromatic carbocycles. The van der Waals surface area contributed by atoms with Gasteiger partial charge in [-0.15, -0.1) is 0 Å². The Labute approximate surface area is 178 Å². The lowest BCUT2D eigenvalue weighted by Gasteiger charge is -2.13. The minimum Gasteiger partial charge on any atom is -0.483 e. The van der Waals surface area contributed by atoms with Crippen LogP contribution < -0.4 is 20.9 Å². The molecule has 1 heterocycles. The Kier molecular flexibility index (Phi) is 6.57. The van der Waals surface area contributed by atoms with Crippen LogP contribution in [0.1, 0.15) is 15.9 Å². The summed E-state index contributed by atoms with van der Waals surface area (Å²) in [5, 5.41) is 4.41. The Hall–Kier alpha value is -4.15. The minimum absolute atomic E-state index is 0.0594. The van der Waals surface area contributed by atoms with E-state index in [4.69, 9.17) is 4.74 Å². The average Bonchev–Trinajstić information content (AvgIpc) is 2.75. The van der Waals surface area contributed by atoms with Crippen LogP contribution in [0.15, 0.2) is 65.6 Å². The molecule has 11 heteroatoms. The number of alkyl halides is 3. The van der Waals surface area contributed by atoms with Crippen molar-refractivity contribution in [3.05, 3.63) is 88.1 Å². The normalized spacial score (nSPS) is 11.0. The number of halogens is 4. The highest BCUT2D eigenvalue weighted by atomic mass is 19.4. The number of carbonyl (C=O) groups excluding carboxylic acids is 2. The zero-order chi connectivity index (χ0) is 23.3. The fourth-order valence-corrected chi connectivity index (χ4v) is 2.60. The van der Waals surface area contributed by atoms with Gasteiger partial charge in [-0.1, -0.05) is 24.3 Å². The number of hydrogen-bond donors (Lipinski definition) is 3. The zero-order valence-corrected chi connectivity index (χ0v) is 16.1. The molecule has 0 fully saturated rings. The maximum Gasteiger partial charge on any atom is 0.417 e. The van der Waals surface area contributed by atoms with Crippen molar-refractivity contribution in [1.82, 2.24) is 4.98 Å². The third-order valence-corrected chi connectivity index (χ3v) is 4.12. The predicted molar refractivity (Wildman–Crippen MR) is 107 cm³/mol. The lowest BCUT2D eigenvalue weighted by atomic mass is 10.1. The lowest BCUT2D eigenvalue weighted by molar-refractivity contribution is -0.137. The number of hydrogen-bond acceptors (Lipinski definition) is 4. The van der Waals surface area contributed by atoms with E-state index < -0.39 is 47.2 Å². The number of aromatic amines is 1. The van der Waals surface area contributed by atoms with E-state index in [1.54, 1.807) is 0 Å². The molecule has 3 rings (SSSR count). The summed E-state index contributed by atoms with van der Waals surface area (Å²) in [4.78, 5) is 38.3. The molecule has 0 aliphatic heterocycles. The quantitative estimate of drug-likeness (QED) is 0.499. The molecule has 3 aromatic rings. The second kappa shape index (κ2) is 9.33. The first-order valence-electron chi connectivity index (χ1n) is 9.02. The number of ether oxygens (including phenoxy) is 1. The predicted octanol–water partition coefficient (Wildman–Crippen LogP) is 3.80. The number of pyridine rings is 1. The summed E-state index contributed by atoms with van der Waals surface area (Å²) in [6.45, 7) is -0.581. The highest BCUT2D eigenvalue weighted by Crippen LogP contribution is 2.29. The van der Waals surface area contributed by atoms with E-state index >= 15 is 0 Å². The van der Waals surface area contributed by atoms with Gasteiger partial charge in [0.15, 0.2) is 6.61 Å². The van der Waals surface area contributed by atoms with Crippen LogP contribution in [0.3, 0.4) is 0 Å². The Morgan fingerprint density at radius 1 is 0.969 bits per heavy atom. The fourth-order valence-electron chi connectivity index (χ4n) is 2.60. The van der Waals surface area contributed by atoms with Gasteiger partial charge in [0.25, 0.3) is 17.4 Å². The number of H-pyrrole nitrogens is 1. The highest BCUT2D eigenvalue weighted by molar-refractivity contribution is 6.06. The molecule has 0 atom stereocenters. The van der Waals surface area contributed by atoms with E-state index in [9.17, 15) is 31.9 Å². The third kappa shape index (κ3) is 5.50. The van der Waals surface area contributed by atoms with E-state index in [0.29, 0.717) is 12.3 Å². The van der Waals surface area contributed by atoms with E-state index in [2.05, 4.69) is 10.6 Å². The Bertz CT molecular complexity index is 1210. The van der Waals surface area contributed by atoms with Gasteiger partial charge < -0.3 is 20.4 Å². The summed E-state index contributed by atoms with van der Waals surface area (Å²) in [6, 6.07) is 11.6. The van der Waals surface area contributed by atoms with E-state index in [1.165, 1.54) is 42.5 Å². The molecule has 0 bridgehead atoms. The Balaban J connectivity index is 1.72. The third-order valence-electron chi connectivity index (χ3n) is 4.12. The molecule has 7 nitrogen and oxygen atoms in total. The van der Waals surface area contributed by atoms with Crippen LogP contribution >= 0.6 is 0 Å². The number of anilines is 2. The second-order valence-corrected chi connectivity index (χ2v) is 6.40. The zero-order valence-electron chi connectivity index (χ0n) is 16.1. The molecule has 0 spiro atoms. The van der Waals surface area contributed by atoms with Crippen LogP contribution in [0.25, 0.3) is 0 Å². The largest absolute Gasteiger partial charge is 0.483 e. The van der Waals surface area contributed by atoms with Crippen LogP contribution in [-0.2, 0) is 11.0 Å². The number of para-hydroxylation sites is 2. The monoisotopic (exact) mass is 449 g/mol. The van der Waals surface area contributed by atoms with Gasteiger partial charge >= 0.3 is 6.18 Å². The average molecular weight is 449 g/mol. The first kappa shape index (κ1) is 22.5. The van der Waals surface area contributed by atoms with Gasteiger partial charge in [-0.2, -0.15) is 13.2 Å². The molecule has 1 aromatic heterocycles. The number of aromatic nitrogens is 1. The summed E-state index contributed by atoms with van der Waals surface area (Å²) in [7, 11) is 0. The number of nitrogens with one attached hydrogen (secondary N) is 3. The van der Waals surface area contributed by atoms with Crippen molar-refractivity contribution >= 4 is 23.2 Å². The summed E-state index contributed by atoms with van der Waals surface area (Å²) in [5.41, 5.74) is -2.90. The maximum atomic E-state index is 13.6. The van der Waals surface area contributed by atoms with Crippen molar-refractivity contribution in [3.8, 4) is 5.75 Å². The SMILES string of the molecule is O=C(COc1ccccc1C(=O)Nc1cc(C(F)(F)F)c[nH]c1=O)Nc1ccccc1F. The number of amides is 2. The van der Waals surface area contributed by atoms with E-state index in [1.807, 2.05) is 4.98 Å². The fraction of sp³-hybridized carbons (Fsp3) is 0.0952. The van der Waals surface area contributed by atoms with Crippen molar-refractivity contribution in [2.45, 2.75) is 6.18 Å². The van der Waals surface area contributed by atoms with Crippen LogP contribution in [0.4, 0.5) is 28.9 Å². The molecule has 32 heavy (non-hydrogen) atoms. The highest BCUT2D eigenvalue weighted by Gasteiger charge is 2.31. The molecule has 0 radical (unpaired) electrons. The van der Waals surface area contributed by atoms with Crippen LogP contribution in [-0.4, -0.2) is 23.4 Å². The topological polar surface area (TPSA) is 100 Å².